The standard InChI is InChI=1S/C44H52O6/c1-43(2,33-17-23-37(24-18-33)48-40-10-4-7-29-45-40)32-13-15-34(16-14-32)44(3,35-19-25-38(26-20-35)49-41-11-5-8-30-46-41)36-21-27-39(28-22-36)50-42-12-6-9-31-47-42/h13-28,40-42H,4-12,29-31H2,1-3H3. The van der Waals surface area contributed by atoms with Crippen molar-refractivity contribution in [3.63, 3.8) is 0 Å². The highest BCUT2D eigenvalue weighted by atomic mass is 16.7. The minimum absolute atomic E-state index is 0.145. The second-order valence-corrected chi connectivity index (χ2v) is 14.6. The quantitative estimate of drug-likeness (QED) is 0.147. The van der Waals surface area contributed by atoms with Crippen molar-refractivity contribution < 1.29 is 28.4 Å². The highest BCUT2D eigenvalue weighted by Gasteiger charge is 2.33. The molecule has 3 unspecified atom stereocenters. The van der Waals surface area contributed by atoms with E-state index in [1.807, 2.05) is 0 Å². The molecule has 3 aliphatic rings. The molecule has 4 aromatic rings. The van der Waals surface area contributed by atoms with Crippen LogP contribution in [0.1, 0.15) is 106 Å². The van der Waals surface area contributed by atoms with E-state index < -0.39 is 5.41 Å². The van der Waals surface area contributed by atoms with E-state index >= 15 is 0 Å². The molecule has 6 heteroatoms. The number of rotatable bonds is 11. The summed E-state index contributed by atoms with van der Waals surface area (Å²) in [6.45, 7) is 9.17. The van der Waals surface area contributed by atoms with E-state index in [-0.39, 0.29) is 24.3 Å². The second-order valence-electron chi connectivity index (χ2n) is 14.6. The zero-order valence-electron chi connectivity index (χ0n) is 29.9. The molecule has 0 spiro atoms. The molecule has 0 saturated carbocycles. The lowest BCUT2D eigenvalue weighted by atomic mass is 9.70. The van der Waals surface area contributed by atoms with Crippen molar-refractivity contribution in [3.05, 3.63) is 125 Å². The van der Waals surface area contributed by atoms with Gasteiger partial charge in [-0.15, -0.1) is 0 Å². The van der Waals surface area contributed by atoms with Gasteiger partial charge in [0.05, 0.1) is 19.8 Å². The number of hydrogen-bond acceptors (Lipinski definition) is 6. The van der Waals surface area contributed by atoms with Gasteiger partial charge in [0.25, 0.3) is 0 Å². The van der Waals surface area contributed by atoms with Crippen LogP contribution in [0.15, 0.2) is 97.1 Å². The molecule has 0 N–H and O–H groups in total. The molecular formula is C44H52O6. The monoisotopic (exact) mass is 676 g/mol. The van der Waals surface area contributed by atoms with Crippen molar-refractivity contribution in [2.24, 2.45) is 0 Å². The van der Waals surface area contributed by atoms with E-state index in [9.17, 15) is 0 Å². The maximum Gasteiger partial charge on any atom is 0.199 e. The van der Waals surface area contributed by atoms with Gasteiger partial charge < -0.3 is 28.4 Å². The van der Waals surface area contributed by atoms with Crippen LogP contribution in [0.5, 0.6) is 17.2 Å². The Morgan fingerprint density at radius 2 is 0.680 bits per heavy atom. The van der Waals surface area contributed by atoms with Crippen molar-refractivity contribution >= 4 is 0 Å². The lowest BCUT2D eigenvalue weighted by Crippen LogP contribution is -2.27. The first-order chi connectivity index (χ1) is 24.4. The highest BCUT2D eigenvalue weighted by molar-refractivity contribution is 5.53. The first-order valence-corrected chi connectivity index (χ1v) is 18.7. The predicted molar refractivity (Wildman–Crippen MR) is 196 cm³/mol. The molecule has 3 atom stereocenters. The predicted octanol–water partition coefficient (Wildman–Crippen LogP) is 10.1. The normalized spacial score (nSPS) is 22.7. The average Bonchev–Trinajstić information content (AvgIpc) is 3.17. The summed E-state index contributed by atoms with van der Waals surface area (Å²) < 4.78 is 36.0. The molecule has 7 rings (SSSR count). The maximum atomic E-state index is 6.20. The minimum Gasteiger partial charge on any atom is -0.465 e. The topological polar surface area (TPSA) is 55.4 Å². The minimum atomic E-state index is -0.428. The van der Waals surface area contributed by atoms with Crippen molar-refractivity contribution in [1.82, 2.24) is 0 Å². The van der Waals surface area contributed by atoms with Crippen LogP contribution in [-0.2, 0) is 25.0 Å². The van der Waals surface area contributed by atoms with Crippen molar-refractivity contribution in [3.8, 4) is 17.2 Å². The van der Waals surface area contributed by atoms with Gasteiger partial charge in [-0.05, 0) is 110 Å². The molecule has 3 aliphatic heterocycles. The fraction of sp³-hybridized carbons (Fsp3) is 0.455. The van der Waals surface area contributed by atoms with Gasteiger partial charge in [0, 0.05) is 30.1 Å². The van der Waals surface area contributed by atoms with E-state index in [1.165, 1.54) is 27.8 Å². The van der Waals surface area contributed by atoms with Crippen molar-refractivity contribution in [2.45, 2.75) is 108 Å². The summed E-state index contributed by atoms with van der Waals surface area (Å²) in [5.74, 6) is 2.52. The molecular weight excluding hydrogens is 624 g/mol. The Hall–Kier alpha value is -3.84. The lowest BCUT2D eigenvalue weighted by molar-refractivity contribution is -0.106. The summed E-state index contributed by atoms with van der Waals surface area (Å²) in [4.78, 5) is 0. The van der Waals surface area contributed by atoms with Gasteiger partial charge >= 0.3 is 0 Å². The molecule has 4 aromatic carbocycles. The van der Waals surface area contributed by atoms with E-state index in [4.69, 9.17) is 28.4 Å². The number of benzene rings is 4. The summed E-state index contributed by atoms with van der Waals surface area (Å²) in [5, 5.41) is 0. The van der Waals surface area contributed by atoms with Gasteiger partial charge in [-0.1, -0.05) is 74.5 Å². The Kier molecular flexibility index (Phi) is 10.8. The number of ether oxygens (including phenoxy) is 6. The fourth-order valence-corrected chi connectivity index (χ4v) is 7.44. The summed E-state index contributed by atoms with van der Waals surface area (Å²) in [6, 6.07) is 34.7. The molecule has 6 nitrogen and oxygen atoms in total. The van der Waals surface area contributed by atoms with Crippen molar-refractivity contribution in [2.75, 3.05) is 19.8 Å². The van der Waals surface area contributed by atoms with Gasteiger partial charge in [0.15, 0.2) is 18.9 Å². The Bertz CT molecular complexity index is 1560. The molecule has 3 saturated heterocycles. The summed E-state index contributed by atoms with van der Waals surface area (Å²) >= 11 is 0. The Balaban J connectivity index is 1.14. The summed E-state index contributed by atoms with van der Waals surface area (Å²) in [6.07, 6.45) is 9.03. The van der Waals surface area contributed by atoms with Crippen LogP contribution in [-0.4, -0.2) is 38.7 Å². The fourth-order valence-electron chi connectivity index (χ4n) is 7.44. The molecule has 0 amide bonds. The average molecular weight is 677 g/mol. The Labute approximate surface area is 298 Å². The molecule has 0 bridgehead atoms. The maximum absolute atomic E-state index is 6.20. The van der Waals surface area contributed by atoms with Gasteiger partial charge in [-0.3, -0.25) is 0 Å². The molecule has 0 aromatic heterocycles. The third-order valence-corrected chi connectivity index (χ3v) is 10.8. The van der Waals surface area contributed by atoms with E-state index in [1.54, 1.807) is 0 Å². The van der Waals surface area contributed by atoms with Crippen LogP contribution in [0.3, 0.4) is 0 Å². The second kappa shape index (κ2) is 15.6. The van der Waals surface area contributed by atoms with Crippen LogP contribution in [0, 0.1) is 0 Å². The first kappa shape index (κ1) is 34.6. The third kappa shape index (κ3) is 7.88. The highest BCUT2D eigenvalue weighted by Crippen LogP contribution is 2.42. The SMILES string of the molecule is CC(C)(c1ccc(OC2CCCCO2)cc1)c1ccc(C(C)(c2ccc(OC3CCCCO3)cc2)c2ccc(OC3CCCCO3)cc2)cc1. The smallest absolute Gasteiger partial charge is 0.199 e. The van der Waals surface area contributed by atoms with Crippen LogP contribution in [0.2, 0.25) is 0 Å². The summed E-state index contributed by atoms with van der Waals surface area (Å²) in [7, 11) is 0. The van der Waals surface area contributed by atoms with Crippen molar-refractivity contribution in [1.29, 1.82) is 0 Å². The van der Waals surface area contributed by atoms with Crippen LogP contribution in [0.4, 0.5) is 0 Å². The lowest BCUT2D eigenvalue weighted by Gasteiger charge is -2.34. The molecule has 50 heavy (non-hydrogen) atoms. The zero-order valence-corrected chi connectivity index (χ0v) is 29.9. The molecule has 3 heterocycles. The van der Waals surface area contributed by atoms with Crippen LogP contribution < -0.4 is 14.2 Å². The van der Waals surface area contributed by atoms with Gasteiger partial charge in [-0.25, -0.2) is 0 Å². The first-order valence-electron chi connectivity index (χ1n) is 18.7. The Morgan fingerprint density at radius 1 is 0.400 bits per heavy atom. The zero-order chi connectivity index (χ0) is 34.4. The van der Waals surface area contributed by atoms with Crippen LogP contribution in [0.25, 0.3) is 0 Å². The number of hydrogen-bond donors (Lipinski definition) is 0. The summed E-state index contributed by atoms with van der Waals surface area (Å²) in [5.41, 5.74) is 5.44. The third-order valence-electron chi connectivity index (χ3n) is 10.8. The molecule has 0 radical (unpaired) electrons. The molecule has 264 valence electrons. The van der Waals surface area contributed by atoms with E-state index in [0.29, 0.717) is 0 Å². The van der Waals surface area contributed by atoms with Gasteiger partial charge in [-0.2, -0.15) is 0 Å². The van der Waals surface area contributed by atoms with Crippen LogP contribution >= 0.6 is 0 Å². The largest absolute Gasteiger partial charge is 0.465 e. The molecule has 0 aliphatic carbocycles. The van der Waals surface area contributed by atoms with E-state index in [2.05, 4.69) is 118 Å². The van der Waals surface area contributed by atoms with Gasteiger partial charge in [0.1, 0.15) is 17.2 Å². The van der Waals surface area contributed by atoms with E-state index in [0.717, 1.165) is 94.9 Å². The van der Waals surface area contributed by atoms with Gasteiger partial charge in [0.2, 0.25) is 0 Å². The molecule has 3 fully saturated rings. The Morgan fingerprint density at radius 3 is 0.980 bits per heavy atom.